The molecule has 98 valence electrons. The number of fused-ring (bicyclic) bond motifs is 1. The Bertz CT molecular complexity index is 579. The van der Waals surface area contributed by atoms with Crippen molar-refractivity contribution in [2.24, 2.45) is 5.73 Å². The number of para-hydroxylation sites is 1. The quantitative estimate of drug-likeness (QED) is 0.817. The third-order valence-electron chi connectivity index (χ3n) is 3.50. The van der Waals surface area contributed by atoms with E-state index in [1.807, 2.05) is 24.3 Å². The predicted molar refractivity (Wildman–Crippen MR) is 72.9 cm³/mol. The molecule has 2 aromatic rings. The van der Waals surface area contributed by atoms with Gasteiger partial charge in [-0.1, -0.05) is 18.2 Å². The number of benzene rings is 1. The zero-order valence-corrected chi connectivity index (χ0v) is 10.5. The predicted octanol–water partition coefficient (Wildman–Crippen LogP) is 1.85. The van der Waals surface area contributed by atoms with Crippen LogP contribution in [0.5, 0.6) is 0 Å². The molecule has 2 heterocycles. The first-order valence-electron chi connectivity index (χ1n) is 6.43. The van der Waals surface area contributed by atoms with E-state index in [1.165, 1.54) is 0 Å². The summed E-state index contributed by atoms with van der Waals surface area (Å²) < 4.78 is 0. The number of hydrogen-bond donors (Lipinski definition) is 2. The van der Waals surface area contributed by atoms with Gasteiger partial charge in [-0.3, -0.25) is 9.89 Å². The number of nitrogens with two attached hydrogens (primary N) is 1. The fourth-order valence-electron chi connectivity index (χ4n) is 2.52. The van der Waals surface area contributed by atoms with Gasteiger partial charge in [0.25, 0.3) is 5.91 Å². The number of anilines is 1. The summed E-state index contributed by atoms with van der Waals surface area (Å²) in [6.45, 7) is 0.683. The van der Waals surface area contributed by atoms with Crippen LogP contribution in [0, 0.1) is 0 Å². The van der Waals surface area contributed by atoms with Gasteiger partial charge < -0.3 is 10.6 Å². The Morgan fingerprint density at radius 1 is 1.37 bits per heavy atom. The number of aromatic nitrogens is 2. The summed E-state index contributed by atoms with van der Waals surface area (Å²) in [6.07, 6.45) is 3.38. The highest BCUT2D eigenvalue weighted by atomic mass is 16.2. The van der Waals surface area contributed by atoms with E-state index in [-0.39, 0.29) is 11.9 Å². The number of rotatable bonds is 1. The molecule has 1 unspecified atom stereocenters. The van der Waals surface area contributed by atoms with Crippen molar-refractivity contribution in [3.05, 3.63) is 47.8 Å². The zero-order valence-electron chi connectivity index (χ0n) is 10.5. The number of amides is 1. The number of nitrogens with zero attached hydrogens (tertiary/aromatic N) is 2. The van der Waals surface area contributed by atoms with Gasteiger partial charge in [-0.2, -0.15) is 5.10 Å². The van der Waals surface area contributed by atoms with Crippen LogP contribution in [0.1, 0.15) is 34.9 Å². The van der Waals surface area contributed by atoms with Crippen molar-refractivity contribution in [3.8, 4) is 0 Å². The third kappa shape index (κ3) is 2.13. The minimum absolute atomic E-state index is 0.00392. The molecular formula is C14H16N4O. The maximum absolute atomic E-state index is 12.5. The number of aromatic amines is 1. The van der Waals surface area contributed by atoms with Crippen molar-refractivity contribution in [2.75, 3.05) is 11.4 Å². The SMILES string of the molecule is NC1CCCN(C(=O)c2ccn[nH]2)c2ccccc21. The van der Waals surface area contributed by atoms with E-state index in [0.717, 1.165) is 24.1 Å². The van der Waals surface area contributed by atoms with Crippen LogP contribution in [0.4, 0.5) is 5.69 Å². The Morgan fingerprint density at radius 3 is 3.00 bits per heavy atom. The normalized spacial score (nSPS) is 18.8. The number of nitrogens with one attached hydrogen (secondary N) is 1. The molecule has 0 radical (unpaired) electrons. The second kappa shape index (κ2) is 4.85. The van der Waals surface area contributed by atoms with Crippen LogP contribution >= 0.6 is 0 Å². The van der Waals surface area contributed by atoms with Crippen molar-refractivity contribution < 1.29 is 4.79 Å². The smallest absolute Gasteiger partial charge is 0.276 e. The molecule has 3 N–H and O–H groups in total. The molecule has 0 spiro atoms. The summed E-state index contributed by atoms with van der Waals surface area (Å²) in [7, 11) is 0. The highest BCUT2D eigenvalue weighted by molar-refractivity contribution is 6.05. The van der Waals surface area contributed by atoms with E-state index in [0.29, 0.717) is 12.2 Å². The maximum atomic E-state index is 12.5. The lowest BCUT2D eigenvalue weighted by Gasteiger charge is -2.22. The molecule has 3 rings (SSSR count). The summed E-state index contributed by atoms with van der Waals surface area (Å²) in [4.78, 5) is 14.3. The summed E-state index contributed by atoms with van der Waals surface area (Å²) in [5.74, 6) is -0.0564. The van der Waals surface area contributed by atoms with E-state index in [9.17, 15) is 4.79 Å². The second-order valence-electron chi connectivity index (χ2n) is 4.73. The highest BCUT2D eigenvalue weighted by Gasteiger charge is 2.25. The monoisotopic (exact) mass is 256 g/mol. The number of carbonyl (C=O) groups is 1. The molecule has 0 aliphatic carbocycles. The molecule has 1 amide bonds. The largest absolute Gasteiger partial charge is 0.324 e. The Hall–Kier alpha value is -2.14. The Balaban J connectivity index is 2.02. The van der Waals surface area contributed by atoms with Crippen LogP contribution in [-0.4, -0.2) is 22.6 Å². The summed E-state index contributed by atoms with van der Waals surface area (Å²) >= 11 is 0. The molecule has 1 aliphatic rings. The Labute approximate surface area is 111 Å². The first-order chi connectivity index (χ1) is 9.27. The molecular weight excluding hydrogens is 240 g/mol. The molecule has 19 heavy (non-hydrogen) atoms. The van der Waals surface area contributed by atoms with E-state index in [2.05, 4.69) is 10.2 Å². The lowest BCUT2D eigenvalue weighted by atomic mass is 10.0. The van der Waals surface area contributed by atoms with Crippen molar-refractivity contribution in [1.29, 1.82) is 0 Å². The fraction of sp³-hybridized carbons (Fsp3) is 0.286. The lowest BCUT2D eigenvalue weighted by molar-refractivity contribution is 0.0982. The van der Waals surface area contributed by atoms with Gasteiger partial charge in [-0.15, -0.1) is 0 Å². The first-order valence-corrected chi connectivity index (χ1v) is 6.43. The molecule has 1 aromatic heterocycles. The van der Waals surface area contributed by atoms with Gasteiger partial charge in [-0.25, -0.2) is 0 Å². The minimum Gasteiger partial charge on any atom is -0.324 e. The standard InChI is InChI=1S/C14H16N4O/c15-11-5-3-9-18(13-6-2-1-4-10(11)13)14(19)12-7-8-16-17-12/h1-2,4,6-8,11H,3,5,9,15H2,(H,16,17). The van der Waals surface area contributed by atoms with Crippen LogP contribution in [0.15, 0.2) is 36.5 Å². The van der Waals surface area contributed by atoms with Crippen LogP contribution in [0.3, 0.4) is 0 Å². The number of hydrogen-bond acceptors (Lipinski definition) is 3. The van der Waals surface area contributed by atoms with Crippen molar-refractivity contribution in [3.63, 3.8) is 0 Å². The zero-order chi connectivity index (χ0) is 13.2. The molecule has 0 saturated carbocycles. The van der Waals surface area contributed by atoms with E-state index in [4.69, 9.17) is 5.73 Å². The topological polar surface area (TPSA) is 75.0 Å². The number of H-pyrrole nitrogens is 1. The van der Waals surface area contributed by atoms with E-state index < -0.39 is 0 Å². The van der Waals surface area contributed by atoms with E-state index in [1.54, 1.807) is 17.2 Å². The molecule has 5 heteroatoms. The van der Waals surface area contributed by atoms with Crippen LogP contribution in [-0.2, 0) is 0 Å². The lowest BCUT2D eigenvalue weighted by Crippen LogP contribution is -2.32. The van der Waals surface area contributed by atoms with Crippen LogP contribution in [0.2, 0.25) is 0 Å². The summed E-state index contributed by atoms with van der Waals surface area (Å²) in [5.41, 5.74) is 8.62. The average molecular weight is 256 g/mol. The fourth-order valence-corrected chi connectivity index (χ4v) is 2.52. The molecule has 0 fully saturated rings. The Kier molecular flexibility index (Phi) is 3.05. The summed E-state index contributed by atoms with van der Waals surface area (Å²) in [5, 5.41) is 6.56. The van der Waals surface area contributed by atoms with Crippen molar-refractivity contribution in [1.82, 2.24) is 10.2 Å². The van der Waals surface area contributed by atoms with Crippen molar-refractivity contribution >= 4 is 11.6 Å². The Morgan fingerprint density at radius 2 is 2.21 bits per heavy atom. The minimum atomic E-state index is -0.0564. The maximum Gasteiger partial charge on any atom is 0.276 e. The van der Waals surface area contributed by atoms with E-state index >= 15 is 0 Å². The second-order valence-corrected chi connectivity index (χ2v) is 4.73. The molecule has 0 bridgehead atoms. The van der Waals surface area contributed by atoms with Gasteiger partial charge in [-0.05, 0) is 30.5 Å². The molecule has 5 nitrogen and oxygen atoms in total. The number of carbonyl (C=O) groups excluding carboxylic acids is 1. The summed E-state index contributed by atoms with van der Waals surface area (Å²) in [6, 6.07) is 9.53. The van der Waals surface area contributed by atoms with Gasteiger partial charge in [0.05, 0.1) is 0 Å². The third-order valence-corrected chi connectivity index (χ3v) is 3.50. The van der Waals surface area contributed by atoms with Gasteiger partial charge in [0.2, 0.25) is 0 Å². The van der Waals surface area contributed by atoms with Gasteiger partial charge >= 0.3 is 0 Å². The highest BCUT2D eigenvalue weighted by Crippen LogP contribution is 2.31. The first kappa shape index (κ1) is 11.9. The average Bonchev–Trinajstić information content (AvgIpc) is 2.91. The van der Waals surface area contributed by atoms with Crippen LogP contribution < -0.4 is 10.6 Å². The molecule has 1 atom stereocenters. The van der Waals surface area contributed by atoms with Gasteiger partial charge in [0.1, 0.15) is 5.69 Å². The molecule has 0 saturated heterocycles. The van der Waals surface area contributed by atoms with Gasteiger partial charge in [0.15, 0.2) is 0 Å². The van der Waals surface area contributed by atoms with Gasteiger partial charge in [0, 0.05) is 24.5 Å². The van der Waals surface area contributed by atoms with Crippen LogP contribution in [0.25, 0.3) is 0 Å². The molecule has 1 aliphatic heterocycles. The van der Waals surface area contributed by atoms with Crippen molar-refractivity contribution in [2.45, 2.75) is 18.9 Å². The molecule has 1 aromatic carbocycles.